The van der Waals surface area contributed by atoms with Gasteiger partial charge in [-0.15, -0.1) is 0 Å². The Morgan fingerprint density at radius 3 is 2.64 bits per heavy atom. The summed E-state index contributed by atoms with van der Waals surface area (Å²) >= 11 is 0. The van der Waals surface area contributed by atoms with E-state index in [-0.39, 0.29) is 12.2 Å². The number of hydrogen-bond donors (Lipinski definition) is 3. The molecule has 198 valence electrons. The number of ether oxygens (including phenoxy) is 2. The number of H-pyrrole nitrogens is 1. The Hall–Kier alpha value is -2.83. The molecule has 0 aliphatic carbocycles. The first-order valence-corrected chi connectivity index (χ1v) is 12.7. The number of para-hydroxylation sites is 1. The molecule has 0 radical (unpaired) electrons. The van der Waals surface area contributed by atoms with Crippen LogP contribution in [0.2, 0.25) is 0 Å². The van der Waals surface area contributed by atoms with E-state index in [2.05, 4.69) is 5.09 Å². The predicted molar refractivity (Wildman–Crippen MR) is 125 cm³/mol. The van der Waals surface area contributed by atoms with E-state index >= 15 is 0 Å². The number of rotatable bonds is 10. The third-order valence-corrected chi connectivity index (χ3v) is 6.77. The number of hydrogen-bond acceptors (Lipinski definition) is 9. The number of esters is 1. The molecule has 12 nitrogen and oxygen atoms in total. The zero-order valence-corrected chi connectivity index (χ0v) is 21.1. The van der Waals surface area contributed by atoms with E-state index in [1.54, 1.807) is 49.2 Å². The number of aliphatic hydroxyl groups is 1. The van der Waals surface area contributed by atoms with Crippen LogP contribution in [0.1, 0.15) is 40.3 Å². The minimum absolute atomic E-state index is 0.0961. The monoisotopic (exact) mass is 529 g/mol. The van der Waals surface area contributed by atoms with Crippen LogP contribution in [0.15, 0.2) is 46.1 Å². The molecule has 5 atom stereocenters. The summed E-state index contributed by atoms with van der Waals surface area (Å²) in [6.45, 7) is 5.73. The predicted octanol–water partition coefficient (Wildman–Crippen LogP) is 1.85. The molecule has 36 heavy (non-hydrogen) atoms. The summed E-state index contributed by atoms with van der Waals surface area (Å²) in [5.74, 6) is -1.71. The molecule has 1 fully saturated rings. The van der Waals surface area contributed by atoms with Crippen LogP contribution in [-0.2, 0) is 23.4 Å². The summed E-state index contributed by atoms with van der Waals surface area (Å²) in [7, 11) is -4.19. The zero-order chi connectivity index (χ0) is 26.7. The van der Waals surface area contributed by atoms with Gasteiger partial charge in [-0.2, -0.15) is 9.48 Å². The highest BCUT2D eigenvalue weighted by molar-refractivity contribution is 7.52. The summed E-state index contributed by atoms with van der Waals surface area (Å²) in [4.78, 5) is 37.5. The van der Waals surface area contributed by atoms with Crippen molar-refractivity contribution < 1.29 is 37.4 Å². The van der Waals surface area contributed by atoms with Crippen molar-refractivity contribution in [1.29, 1.82) is 0 Å². The van der Waals surface area contributed by atoms with Crippen molar-refractivity contribution in [1.82, 2.24) is 14.6 Å². The SMILES string of the molecule is CC(C)OC(=O)[C@@H](C)NP(=O)(OC[C@@H]1C[C@@](C)(O)[C@H](n2cc(F)c(=O)[nH]c2=O)O1)Oc1ccccc1. The first-order chi connectivity index (χ1) is 16.8. The van der Waals surface area contributed by atoms with E-state index in [0.717, 1.165) is 4.57 Å². The van der Waals surface area contributed by atoms with Gasteiger partial charge in [0.25, 0.3) is 5.56 Å². The molecule has 3 rings (SSSR count). The number of aromatic amines is 1. The Morgan fingerprint density at radius 1 is 1.33 bits per heavy atom. The topological polar surface area (TPSA) is 158 Å². The lowest BCUT2D eigenvalue weighted by Crippen LogP contribution is -2.41. The molecule has 2 aromatic rings. The second kappa shape index (κ2) is 11.1. The quantitative estimate of drug-likeness (QED) is 0.306. The molecule has 1 aromatic heterocycles. The van der Waals surface area contributed by atoms with E-state index in [0.29, 0.717) is 6.20 Å². The van der Waals surface area contributed by atoms with Gasteiger partial charge in [0, 0.05) is 6.42 Å². The van der Waals surface area contributed by atoms with Gasteiger partial charge in [-0.1, -0.05) is 18.2 Å². The number of aromatic nitrogens is 2. The highest BCUT2D eigenvalue weighted by Gasteiger charge is 2.47. The van der Waals surface area contributed by atoms with Crippen LogP contribution >= 0.6 is 7.75 Å². The smallest absolute Gasteiger partial charge is 0.459 e. The summed E-state index contributed by atoms with van der Waals surface area (Å²) in [5, 5.41) is 13.3. The van der Waals surface area contributed by atoms with Gasteiger partial charge in [0.15, 0.2) is 6.23 Å². The fraction of sp³-hybridized carbons (Fsp3) is 0.500. The van der Waals surface area contributed by atoms with Gasteiger partial charge in [-0.05, 0) is 39.8 Å². The molecule has 1 saturated heterocycles. The first kappa shape index (κ1) is 27.8. The molecule has 1 aliphatic rings. The largest absolute Gasteiger partial charge is 0.462 e. The average molecular weight is 529 g/mol. The molecule has 1 aliphatic heterocycles. The van der Waals surface area contributed by atoms with Gasteiger partial charge in [-0.3, -0.25) is 23.7 Å². The minimum atomic E-state index is -4.19. The van der Waals surface area contributed by atoms with Crippen LogP contribution in [0.4, 0.5) is 4.39 Å². The molecular weight excluding hydrogens is 500 g/mol. The van der Waals surface area contributed by atoms with Gasteiger partial charge in [0.1, 0.15) is 17.4 Å². The molecule has 1 aromatic carbocycles. The standard InChI is InChI=1S/C22H29FN3O9P/c1-13(2)33-19(28)14(3)25-36(31,35-15-8-6-5-7-9-15)32-12-16-10-22(4,30)20(34-16)26-11-17(23)18(27)24-21(26)29/h5-9,11,13-14,16,20,30H,10,12H2,1-4H3,(H,25,31)(H,24,27,29)/t14-,16+,20-,22-,36?/m1/s1. The van der Waals surface area contributed by atoms with Crippen molar-refractivity contribution in [3.8, 4) is 5.75 Å². The number of carbonyl (C=O) groups excluding carboxylic acids is 1. The lowest BCUT2D eigenvalue weighted by Gasteiger charge is -2.25. The van der Waals surface area contributed by atoms with Gasteiger partial charge >= 0.3 is 19.4 Å². The Morgan fingerprint density at radius 2 is 2.00 bits per heavy atom. The molecule has 14 heteroatoms. The van der Waals surface area contributed by atoms with Crippen molar-refractivity contribution in [2.75, 3.05) is 6.61 Å². The van der Waals surface area contributed by atoms with Crippen molar-refractivity contribution >= 4 is 13.7 Å². The second-order valence-electron chi connectivity index (χ2n) is 8.85. The number of nitrogens with zero attached hydrogens (tertiary/aromatic N) is 1. The molecule has 1 unspecified atom stereocenters. The highest BCUT2D eigenvalue weighted by atomic mass is 31.2. The van der Waals surface area contributed by atoms with Crippen molar-refractivity contribution in [2.24, 2.45) is 0 Å². The summed E-state index contributed by atoms with van der Waals surface area (Å²) in [6.07, 6.45) is -2.15. The van der Waals surface area contributed by atoms with E-state index in [1.807, 2.05) is 0 Å². The third kappa shape index (κ3) is 6.89. The molecule has 0 amide bonds. The zero-order valence-electron chi connectivity index (χ0n) is 20.2. The van der Waals surface area contributed by atoms with Crippen molar-refractivity contribution in [3.63, 3.8) is 0 Å². The number of carbonyl (C=O) groups is 1. The van der Waals surface area contributed by atoms with E-state index in [9.17, 15) is 28.4 Å². The number of nitrogens with one attached hydrogen (secondary N) is 2. The van der Waals surface area contributed by atoms with Crippen LogP contribution in [0.3, 0.4) is 0 Å². The molecular formula is C22H29FN3O9P. The summed E-state index contributed by atoms with van der Waals surface area (Å²) < 4.78 is 50.0. The van der Waals surface area contributed by atoms with Crippen molar-refractivity contribution in [2.45, 2.75) is 64.2 Å². The van der Waals surface area contributed by atoms with Crippen LogP contribution in [0, 0.1) is 5.82 Å². The normalized spacial score (nSPS) is 24.3. The van der Waals surface area contributed by atoms with Crippen LogP contribution in [0.25, 0.3) is 0 Å². The molecule has 0 spiro atoms. The number of benzene rings is 1. The molecule has 3 N–H and O–H groups in total. The summed E-state index contributed by atoms with van der Waals surface area (Å²) in [6, 6.07) is 7.05. The Balaban J connectivity index is 1.77. The Bertz CT molecular complexity index is 1230. The Kier molecular flexibility index (Phi) is 8.52. The lowest BCUT2D eigenvalue weighted by atomic mass is 10.0. The fourth-order valence-corrected chi connectivity index (χ4v) is 5.07. The maximum atomic E-state index is 13.8. The van der Waals surface area contributed by atoms with Crippen molar-refractivity contribution in [3.05, 3.63) is 63.2 Å². The van der Waals surface area contributed by atoms with Crippen LogP contribution in [0.5, 0.6) is 5.75 Å². The minimum Gasteiger partial charge on any atom is -0.462 e. The molecule has 2 heterocycles. The van der Waals surface area contributed by atoms with Gasteiger partial charge < -0.3 is 19.1 Å². The van der Waals surface area contributed by atoms with E-state index in [1.165, 1.54) is 13.8 Å². The van der Waals surface area contributed by atoms with Gasteiger partial charge in [-0.25, -0.2) is 9.36 Å². The molecule has 0 saturated carbocycles. The van der Waals surface area contributed by atoms with Gasteiger partial charge in [0.05, 0.1) is 25.0 Å². The van der Waals surface area contributed by atoms with Gasteiger partial charge in [0.2, 0.25) is 5.82 Å². The third-order valence-electron chi connectivity index (χ3n) is 5.13. The average Bonchev–Trinajstić information content (AvgIpc) is 3.09. The second-order valence-corrected chi connectivity index (χ2v) is 10.5. The van der Waals surface area contributed by atoms with Crippen LogP contribution in [-0.4, -0.2) is 51.1 Å². The maximum absolute atomic E-state index is 13.8. The Labute approximate surface area is 205 Å². The van der Waals surface area contributed by atoms with E-state index < -0.39 is 67.5 Å². The first-order valence-electron chi connectivity index (χ1n) is 11.2. The lowest BCUT2D eigenvalue weighted by molar-refractivity contribution is -0.149. The van der Waals surface area contributed by atoms with Crippen LogP contribution < -0.4 is 20.9 Å². The molecule has 0 bridgehead atoms. The fourth-order valence-electron chi connectivity index (χ4n) is 3.55. The highest BCUT2D eigenvalue weighted by Crippen LogP contribution is 2.46. The maximum Gasteiger partial charge on any atom is 0.459 e. The summed E-state index contributed by atoms with van der Waals surface area (Å²) in [5.41, 5.74) is -3.86. The number of halogens is 1. The van der Waals surface area contributed by atoms with E-state index in [4.69, 9.17) is 18.5 Å².